The van der Waals surface area contributed by atoms with E-state index in [-0.39, 0.29) is 0 Å². The highest BCUT2D eigenvalue weighted by Crippen LogP contribution is 2.53. The minimum Gasteiger partial charge on any atom is -0.467 e. The monoisotopic (exact) mass is 297 g/mol. The summed E-state index contributed by atoms with van der Waals surface area (Å²) in [6.45, 7) is 0.635. The number of nitrogens with zero attached hydrogens (tertiary/aromatic N) is 2. The van der Waals surface area contributed by atoms with E-state index in [0.717, 1.165) is 18.0 Å². The lowest BCUT2D eigenvalue weighted by Gasteiger charge is -2.05. The Morgan fingerprint density at radius 3 is 2.81 bits per heavy atom. The van der Waals surface area contributed by atoms with Crippen LogP contribution in [0.3, 0.4) is 0 Å². The smallest absolute Gasteiger partial charge is 0.195 e. The van der Waals surface area contributed by atoms with Crippen LogP contribution in [-0.4, -0.2) is 14.8 Å². The maximum absolute atomic E-state index is 5.42. The molecule has 2 atom stereocenters. The van der Waals surface area contributed by atoms with Crippen molar-refractivity contribution in [1.29, 1.82) is 0 Å². The van der Waals surface area contributed by atoms with Crippen LogP contribution in [0.5, 0.6) is 0 Å². The first-order valence-electron chi connectivity index (χ1n) is 7.05. The zero-order valence-corrected chi connectivity index (χ0v) is 12.2. The molecule has 1 aromatic carbocycles. The molecule has 0 aliphatic heterocycles. The summed E-state index contributed by atoms with van der Waals surface area (Å²) >= 11 is 5.35. The van der Waals surface area contributed by atoms with E-state index in [4.69, 9.17) is 16.6 Å². The molecule has 21 heavy (non-hydrogen) atoms. The van der Waals surface area contributed by atoms with Gasteiger partial charge in [-0.3, -0.25) is 9.67 Å². The number of hydrogen-bond acceptors (Lipinski definition) is 3. The highest BCUT2D eigenvalue weighted by Gasteiger charge is 2.42. The van der Waals surface area contributed by atoms with E-state index in [9.17, 15) is 0 Å². The Morgan fingerprint density at radius 2 is 2.05 bits per heavy atom. The van der Waals surface area contributed by atoms with Crippen LogP contribution in [0.15, 0.2) is 53.1 Å². The molecule has 1 saturated carbocycles. The van der Waals surface area contributed by atoms with Gasteiger partial charge in [0.05, 0.1) is 12.8 Å². The average molecular weight is 297 g/mol. The molecule has 0 bridgehead atoms. The van der Waals surface area contributed by atoms with Crippen molar-refractivity contribution in [3.8, 4) is 0 Å². The molecule has 1 aliphatic rings. The molecule has 0 saturated heterocycles. The maximum Gasteiger partial charge on any atom is 0.195 e. The van der Waals surface area contributed by atoms with Gasteiger partial charge in [-0.15, -0.1) is 0 Å². The van der Waals surface area contributed by atoms with Gasteiger partial charge in [0.2, 0.25) is 0 Å². The predicted molar refractivity (Wildman–Crippen MR) is 81.8 cm³/mol. The molecule has 0 amide bonds. The van der Waals surface area contributed by atoms with Crippen molar-refractivity contribution in [1.82, 2.24) is 14.8 Å². The third-order valence-corrected chi connectivity index (χ3v) is 4.34. The first-order chi connectivity index (χ1) is 10.3. The SMILES string of the molecule is S=c1[nH]nc([C@H]2C[C@@H]2c2ccccc2)n1Cc1ccco1. The Bertz CT molecular complexity index is 789. The second-order valence-electron chi connectivity index (χ2n) is 5.41. The fourth-order valence-corrected chi connectivity index (χ4v) is 3.08. The van der Waals surface area contributed by atoms with Gasteiger partial charge in [-0.25, -0.2) is 0 Å². The topological polar surface area (TPSA) is 46.8 Å². The molecule has 2 heterocycles. The van der Waals surface area contributed by atoms with E-state index >= 15 is 0 Å². The zero-order chi connectivity index (χ0) is 14.2. The molecule has 106 valence electrons. The maximum atomic E-state index is 5.42. The van der Waals surface area contributed by atoms with Crippen LogP contribution in [0.4, 0.5) is 0 Å². The van der Waals surface area contributed by atoms with Crippen molar-refractivity contribution in [3.63, 3.8) is 0 Å². The minimum atomic E-state index is 0.440. The first-order valence-corrected chi connectivity index (χ1v) is 7.46. The molecular formula is C16H15N3OS. The number of aromatic amines is 1. The van der Waals surface area contributed by atoms with Crippen LogP contribution >= 0.6 is 12.2 Å². The van der Waals surface area contributed by atoms with Gasteiger partial charge in [0.1, 0.15) is 11.6 Å². The van der Waals surface area contributed by atoms with Crippen LogP contribution in [0, 0.1) is 4.77 Å². The summed E-state index contributed by atoms with van der Waals surface area (Å²) in [6.07, 6.45) is 2.81. The van der Waals surface area contributed by atoms with Crippen LogP contribution in [0.1, 0.15) is 35.4 Å². The van der Waals surface area contributed by atoms with E-state index in [1.165, 1.54) is 5.56 Å². The number of furan rings is 1. The normalized spacial score (nSPS) is 20.6. The number of aromatic nitrogens is 3. The molecule has 1 N–H and O–H groups in total. The van der Waals surface area contributed by atoms with Crippen molar-refractivity contribution < 1.29 is 4.42 Å². The minimum absolute atomic E-state index is 0.440. The highest BCUT2D eigenvalue weighted by atomic mass is 32.1. The van der Waals surface area contributed by atoms with E-state index < -0.39 is 0 Å². The third-order valence-electron chi connectivity index (χ3n) is 4.03. The zero-order valence-electron chi connectivity index (χ0n) is 11.4. The fraction of sp³-hybridized carbons (Fsp3) is 0.250. The van der Waals surface area contributed by atoms with Crippen LogP contribution in [-0.2, 0) is 6.54 Å². The second kappa shape index (κ2) is 5.00. The van der Waals surface area contributed by atoms with E-state index in [2.05, 4.69) is 34.5 Å². The number of H-pyrrole nitrogens is 1. The molecule has 0 radical (unpaired) electrons. The lowest BCUT2D eigenvalue weighted by Crippen LogP contribution is -2.04. The Balaban J connectivity index is 1.61. The van der Waals surface area contributed by atoms with Crippen LogP contribution in [0.25, 0.3) is 0 Å². The Labute approximate surface area is 127 Å². The van der Waals surface area contributed by atoms with Gasteiger partial charge in [-0.2, -0.15) is 5.10 Å². The lowest BCUT2D eigenvalue weighted by molar-refractivity contribution is 0.487. The molecular weight excluding hydrogens is 282 g/mol. The summed E-state index contributed by atoms with van der Waals surface area (Å²) in [6, 6.07) is 14.4. The Hall–Kier alpha value is -2.14. The summed E-state index contributed by atoms with van der Waals surface area (Å²) in [5.74, 6) is 2.91. The summed E-state index contributed by atoms with van der Waals surface area (Å²) < 4.78 is 8.12. The van der Waals surface area contributed by atoms with Crippen molar-refractivity contribution in [3.05, 3.63) is 70.6 Å². The van der Waals surface area contributed by atoms with Gasteiger partial charge in [0, 0.05) is 5.92 Å². The molecule has 1 fully saturated rings. The van der Waals surface area contributed by atoms with Gasteiger partial charge >= 0.3 is 0 Å². The number of rotatable bonds is 4. The van der Waals surface area contributed by atoms with Crippen LogP contribution < -0.4 is 0 Å². The molecule has 5 heteroatoms. The molecule has 0 unspecified atom stereocenters. The summed E-state index contributed by atoms with van der Waals surface area (Å²) in [5.41, 5.74) is 1.38. The fourth-order valence-electron chi connectivity index (χ4n) is 2.87. The summed E-state index contributed by atoms with van der Waals surface area (Å²) in [7, 11) is 0. The molecule has 1 aliphatic carbocycles. The van der Waals surface area contributed by atoms with Gasteiger partial charge in [0.15, 0.2) is 4.77 Å². The van der Waals surface area contributed by atoms with Crippen molar-refractivity contribution >= 4 is 12.2 Å². The van der Waals surface area contributed by atoms with Gasteiger partial charge in [-0.05, 0) is 42.3 Å². The Morgan fingerprint density at radius 1 is 1.19 bits per heavy atom. The van der Waals surface area contributed by atoms with Crippen molar-refractivity contribution in [2.45, 2.75) is 24.8 Å². The Kier molecular flexibility index (Phi) is 3.00. The van der Waals surface area contributed by atoms with Crippen molar-refractivity contribution in [2.75, 3.05) is 0 Å². The van der Waals surface area contributed by atoms with Gasteiger partial charge in [0.25, 0.3) is 0 Å². The quantitative estimate of drug-likeness (QED) is 0.744. The van der Waals surface area contributed by atoms with E-state index in [1.54, 1.807) is 6.26 Å². The third kappa shape index (κ3) is 2.34. The largest absolute Gasteiger partial charge is 0.467 e. The number of benzene rings is 1. The molecule has 3 aromatic rings. The highest BCUT2D eigenvalue weighted by molar-refractivity contribution is 7.71. The van der Waals surface area contributed by atoms with Gasteiger partial charge in [-0.1, -0.05) is 30.3 Å². The molecule has 0 spiro atoms. The summed E-state index contributed by atoms with van der Waals surface area (Å²) in [4.78, 5) is 0. The standard InChI is InChI=1S/C16H15N3OS/c21-16-18-17-15(19(16)10-12-7-4-8-20-12)14-9-13(14)11-5-2-1-3-6-11/h1-8,13-14H,9-10H2,(H,18,21)/t13-,14+/m1/s1. The second-order valence-corrected chi connectivity index (χ2v) is 5.80. The predicted octanol–water partition coefficient (Wildman–Crippen LogP) is 3.85. The molecule has 4 nitrogen and oxygen atoms in total. The molecule has 4 rings (SSSR count). The van der Waals surface area contributed by atoms with Crippen molar-refractivity contribution in [2.24, 2.45) is 0 Å². The average Bonchev–Trinajstić information content (AvgIpc) is 2.97. The van der Waals surface area contributed by atoms with E-state index in [0.29, 0.717) is 23.2 Å². The van der Waals surface area contributed by atoms with E-state index in [1.807, 2.05) is 22.8 Å². The lowest BCUT2D eigenvalue weighted by atomic mass is 10.1. The summed E-state index contributed by atoms with van der Waals surface area (Å²) in [5, 5.41) is 7.36. The van der Waals surface area contributed by atoms with Gasteiger partial charge < -0.3 is 4.42 Å². The first kappa shape index (κ1) is 12.6. The van der Waals surface area contributed by atoms with Crippen LogP contribution in [0.2, 0.25) is 0 Å². The number of nitrogens with one attached hydrogen (secondary N) is 1. The molecule has 2 aromatic heterocycles. The number of hydrogen-bond donors (Lipinski definition) is 1.